The molecular weight excluding hydrogens is 400 g/mol. The topological polar surface area (TPSA) is 8.81 Å². The van der Waals surface area contributed by atoms with Crippen LogP contribution in [0.1, 0.15) is 110 Å². The van der Waals surface area contributed by atoms with Crippen LogP contribution in [-0.4, -0.2) is 4.57 Å². The van der Waals surface area contributed by atoms with Gasteiger partial charge in [-0.05, 0) is 85.3 Å². The van der Waals surface area contributed by atoms with E-state index in [2.05, 4.69) is 101 Å². The van der Waals surface area contributed by atoms with Gasteiger partial charge in [-0.1, -0.05) is 59.7 Å². The molecule has 1 aliphatic heterocycles. The molecule has 2 heteroatoms. The van der Waals surface area contributed by atoms with Gasteiger partial charge < -0.3 is 0 Å². The molecule has 0 amide bonds. The van der Waals surface area contributed by atoms with E-state index in [0.29, 0.717) is 6.04 Å². The van der Waals surface area contributed by atoms with Crippen LogP contribution in [0.25, 0.3) is 22.4 Å². The van der Waals surface area contributed by atoms with E-state index >= 15 is 0 Å². The highest BCUT2D eigenvalue weighted by Gasteiger charge is 2.75. The van der Waals surface area contributed by atoms with Crippen LogP contribution in [-0.2, 0) is 21.8 Å². The zero-order chi connectivity index (χ0) is 23.6. The van der Waals surface area contributed by atoms with Crippen molar-refractivity contribution in [1.82, 2.24) is 4.57 Å². The predicted molar refractivity (Wildman–Crippen MR) is 138 cm³/mol. The fraction of sp³-hybridized carbons (Fsp3) is 0.581. The molecule has 174 valence electrons. The molecule has 0 radical (unpaired) electrons. The van der Waals surface area contributed by atoms with E-state index in [1.807, 2.05) is 0 Å². The van der Waals surface area contributed by atoms with Crippen molar-refractivity contribution >= 4 is 11.0 Å². The van der Waals surface area contributed by atoms with Crippen LogP contribution in [0, 0.1) is 0 Å². The first kappa shape index (κ1) is 21.4. The van der Waals surface area contributed by atoms with Gasteiger partial charge in [-0.25, -0.2) is 9.13 Å². The van der Waals surface area contributed by atoms with Crippen molar-refractivity contribution in [3.63, 3.8) is 0 Å². The Morgan fingerprint density at radius 2 is 1.52 bits per heavy atom. The van der Waals surface area contributed by atoms with Crippen LogP contribution in [0.5, 0.6) is 0 Å². The molecule has 0 bridgehead atoms. The number of nitrogens with zero attached hydrogens (tertiary/aromatic N) is 2. The van der Waals surface area contributed by atoms with E-state index in [1.54, 1.807) is 16.7 Å². The summed E-state index contributed by atoms with van der Waals surface area (Å²) in [6.07, 6.45) is 6.19. The highest BCUT2D eigenvalue weighted by Crippen LogP contribution is 2.71. The molecule has 0 N–H and O–H groups in total. The second kappa shape index (κ2) is 6.32. The second-order valence-corrected chi connectivity index (χ2v) is 12.8. The van der Waals surface area contributed by atoms with Crippen molar-refractivity contribution in [1.29, 1.82) is 0 Å². The van der Waals surface area contributed by atoms with E-state index in [0.717, 1.165) is 0 Å². The van der Waals surface area contributed by atoms with Crippen molar-refractivity contribution < 1.29 is 4.57 Å². The molecule has 0 spiro atoms. The molecule has 6 rings (SSSR count). The summed E-state index contributed by atoms with van der Waals surface area (Å²) in [6.45, 7) is 19.4. The summed E-state index contributed by atoms with van der Waals surface area (Å²) in [5.41, 5.74) is 10.0. The average molecular weight is 442 g/mol. The first-order valence-corrected chi connectivity index (χ1v) is 13.3. The molecule has 33 heavy (non-hydrogen) atoms. The van der Waals surface area contributed by atoms with Gasteiger partial charge in [0.05, 0.1) is 11.6 Å². The van der Waals surface area contributed by atoms with Gasteiger partial charge in [-0.3, -0.25) is 0 Å². The summed E-state index contributed by atoms with van der Waals surface area (Å²) in [5, 5.41) is 0. The molecule has 1 saturated carbocycles. The molecule has 2 atom stereocenters. The highest BCUT2D eigenvalue weighted by molar-refractivity contribution is 5.83. The molecule has 3 aromatic rings. The SMILES string of the molecule is CCC12CC1(CC)n1c([n+](C(C)C)c3cc4c(cc31)C(C)(C)CCC4(C)C)-c1ccccc12. The lowest BCUT2D eigenvalue weighted by Gasteiger charge is -2.41. The van der Waals surface area contributed by atoms with Gasteiger partial charge in [-0.2, -0.15) is 0 Å². The van der Waals surface area contributed by atoms with Gasteiger partial charge in [0.2, 0.25) is 0 Å². The summed E-state index contributed by atoms with van der Waals surface area (Å²) in [5.74, 6) is 1.44. The normalized spacial score (nSPS) is 28.3. The number of imidazole rings is 1. The van der Waals surface area contributed by atoms with Crippen molar-refractivity contribution in [3.8, 4) is 11.4 Å². The highest BCUT2D eigenvalue weighted by atomic mass is 15.3. The van der Waals surface area contributed by atoms with E-state index in [4.69, 9.17) is 0 Å². The first-order valence-electron chi connectivity index (χ1n) is 13.3. The Balaban J connectivity index is 1.81. The number of rotatable bonds is 3. The molecule has 2 unspecified atom stereocenters. The smallest absolute Gasteiger partial charge is 0.221 e. The lowest BCUT2D eigenvalue weighted by atomic mass is 9.63. The van der Waals surface area contributed by atoms with Crippen LogP contribution in [0.2, 0.25) is 0 Å². The van der Waals surface area contributed by atoms with E-state index in [-0.39, 0.29) is 21.8 Å². The molecule has 2 aliphatic carbocycles. The summed E-state index contributed by atoms with van der Waals surface area (Å²) in [6, 6.07) is 15.0. The van der Waals surface area contributed by atoms with Gasteiger partial charge in [0.1, 0.15) is 5.54 Å². The van der Waals surface area contributed by atoms with Gasteiger partial charge in [-0.15, -0.1) is 0 Å². The first-order chi connectivity index (χ1) is 15.5. The van der Waals surface area contributed by atoms with Crippen LogP contribution < -0.4 is 4.57 Å². The van der Waals surface area contributed by atoms with Gasteiger partial charge >= 0.3 is 0 Å². The molecule has 2 nitrogen and oxygen atoms in total. The van der Waals surface area contributed by atoms with E-state index in [9.17, 15) is 0 Å². The Kier molecular flexibility index (Phi) is 4.10. The number of hydrogen-bond acceptors (Lipinski definition) is 0. The number of fused-ring (bicyclic) bond motifs is 9. The monoisotopic (exact) mass is 441 g/mol. The van der Waals surface area contributed by atoms with Gasteiger partial charge in [0, 0.05) is 11.8 Å². The predicted octanol–water partition coefficient (Wildman–Crippen LogP) is 7.70. The third-order valence-corrected chi connectivity index (χ3v) is 10.1. The average Bonchev–Trinajstić information content (AvgIpc) is 3.36. The minimum absolute atomic E-state index is 0.201. The van der Waals surface area contributed by atoms with Crippen LogP contribution in [0.15, 0.2) is 36.4 Å². The standard InChI is InChI=1S/C31H41N2/c1-9-30-19-31(30,10-2)33-26-18-24-23(28(5,6)15-16-29(24,7)8)17-25(26)32(20(3)4)27(33)21-13-11-12-14-22(21)30/h11-14,17-18,20H,9-10,15-16,19H2,1-8H3/q+1. The van der Waals surface area contributed by atoms with Crippen LogP contribution in [0.4, 0.5) is 0 Å². The van der Waals surface area contributed by atoms with Crippen LogP contribution >= 0.6 is 0 Å². The number of benzene rings is 2. The summed E-state index contributed by atoms with van der Waals surface area (Å²) >= 11 is 0. The molecule has 1 fully saturated rings. The maximum Gasteiger partial charge on any atom is 0.290 e. The maximum absolute atomic E-state index is 2.83. The summed E-state index contributed by atoms with van der Waals surface area (Å²) < 4.78 is 5.49. The fourth-order valence-electron chi connectivity index (χ4n) is 7.96. The molecule has 1 aromatic heterocycles. The third kappa shape index (κ3) is 2.38. The molecule has 3 aliphatic rings. The second-order valence-electron chi connectivity index (χ2n) is 12.8. The molecule has 0 saturated heterocycles. The fourth-order valence-corrected chi connectivity index (χ4v) is 7.96. The van der Waals surface area contributed by atoms with Gasteiger partial charge in [0.25, 0.3) is 5.82 Å². The van der Waals surface area contributed by atoms with E-state index < -0.39 is 0 Å². The minimum atomic E-state index is 0.201. The molecule has 2 aromatic carbocycles. The Labute approximate surface area is 200 Å². The van der Waals surface area contributed by atoms with Crippen molar-refractivity contribution in [2.75, 3.05) is 0 Å². The maximum atomic E-state index is 2.83. The Bertz CT molecular complexity index is 1300. The zero-order valence-electron chi connectivity index (χ0n) is 22.0. The quantitative estimate of drug-likeness (QED) is 0.368. The number of hydrogen-bond donors (Lipinski definition) is 0. The Morgan fingerprint density at radius 3 is 2.12 bits per heavy atom. The lowest BCUT2D eigenvalue weighted by molar-refractivity contribution is -0.681. The summed E-state index contributed by atoms with van der Waals surface area (Å²) in [7, 11) is 0. The van der Waals surface area contributed by atoms with Crippen molar-refractivity contribution in [3.05, 3.63) is 53.1 Å². The third-order valence-electron chi connectivity index (χ3n) is 10.1. The van der Waals surface area contributed by atoms with Crippen LogP contribution in [0.3, 0.4) is 0 Å². The number of aromatic nitrogens is 2. The lowest BCUT2D eigenvalue weighted by Crippen LogP contribution is -2.42. The molecule has 2 heterocycles. The van der Waals surface area contributed by atoms with Crippen molar-refractivity contribution in [2.24, 2.45) is 0 Å². The Hall–Kier alpha value is -2.09. The largest absolute Gasteiger partial charge is 0.290 e. The summed E-state index contributed by atoms with van der Waals surface area (Å²) in [4.78, 5) is 0. The molecular formula is C31H41N2+. The Morgan fingerprint density at radius 1 is 0.879 bits per heavy atom. The van der Waals surface area contributed by atoms with E-state index in [1.165, 1.54) is 54.5 Å². The van der Waals surface area contributed by atoms with Gasteiger partial charge in [0.15, 0.2) is 11.0 Å². The minimum Gasteiger partial charge on any atom is -0.221 e. The zero-order valence-corrected chi connectivity index (χ0v) is 22.0. The van der Waals surface area contributed by atoms with Crippen molar-refractivity contribution in [2.45, 2.75) is 115 Å².